The molecule has 0 saturated carbocycles. The second kappa shape index (κ2) is 4.52. The summed E-state index contributed by atoms with van der Waals surface area (Å²) >= 11 is 0. The Labute approximate surface area is 83.6 Å². The summed E-state index contributed by atoms with van der Waals surface area (Å²) in [6.07, 6.45) is 0.667. The van der Waals surface area contributed by atoms with E-state index in [1.807, 2.05) is 6.92 Å². The second-order valence-corrected chi connectivity index (χ2v) is 3.57. The van der Waals surface area contributed by atoms with Crippen molar-refractivity contribution in [3.05, 3.63) is 0 Å². The van der Waals surface area contributed by atoms with Crippen molar-refractivity contribution < 1.29 is 9.90 Å². The predicted octanol–water partition coefficient (Wildman–Crippen LogP) is -0.592. The van der Waals surface area contributed by atoms with Gasteiger partial charge in [-0.25, -0.2) is 5.01 Å². The first-order valence-electron chi connectivity index (χ1n) is 4.78. The molecular formula is C9H17N3O2. The minimum absolute atomic E-state index is 0.00148. The van der Waals surface area contributed by atoms with Gasteiger partial charge in [-0.3, -0.25) is 4.79 Å². The molecule has 1 aliphatic heterocycles. The van der Waals surface area contributed by atoms with Crippen LogP contribution in [0.15, 0.2) is 5.10 Å². The fraction of sp³-hybridized carbons (Fsp3) is 0.778. The molecule has 2 atom stereocenters. The first kappa shape index (κ1) is 11.1. The molecular weight excluding hydrogens is 182 g/mol. The SMILES string of the molecule is CC1C(=O)N(C)N=C1C(CO)CCN. The van der Waals surface area contributed by atoms with Crippen LogP contribution in [0.1, 0.15) is 13.3 Å². The number of hydrogen-bond acceptors (Lipinski definition) is 4. The monoisotopic (exact) mass is 199 g/mol. The summed E-state index contributed by atoms with van der Waals surface area (Å²) in [5, 5.41) is 14.6. The molecule has 1 rings (SSSR count). The maximum Gasteiger partial charge on any atom is 0.250 e. The minimum Gasteiger partial charge on any atom is -0.396 e. The van der Waals surface area contributed by atoms with E-state index in [0.29, 0.717) is 13.0 Å². The molecule has 0 spiro atoms. The number of nitrogens with zero attached hydrogens (tertiary/aromatic N) is 2. The Morgan fingerprint density at radius 3 is 2.71 bits per heavy atom. The highest BCUT2D eigenvalue weighted by molar-refractivity contribution is 6.08. The van der Waals surface area contributed by atoms with Gasteiger partial charge in [0.1, 0.15) is 0 Å². The van der Waals surface area contributed by atoms with E-state index in [0.717, 1.165) is 5.71 Å². The number of carbonyl (C=O) groups is 1. The highest BCUT2D eigenvalue weighted by Gasteiger charge is 2.33. The molecule has 5 heteroatoms. The molecule has 2 unspecified atom stereocenters. The van der Waals surface area contributed by atoms with Gasteiger partial charge in [0.2, 0.25) is 0 Å². The van der Waals surface area contributed by atoms with E-state index < -0.39 is 0 Å². The van der Waals surface area contributed by atoms with E-state index in [-0.39, 0.29) is 24.3 Å². The Hall–Kier alpha value is -0.940. The van der Waals surface area contributed by atoms with Crippen LogP contribution < -0.4 is 5.73 Å². The van der Waals surface area contributed by atoms with Crippen molar-refractivity contribution >= 4 is 11.6 Å². The van der Waals surface area contributed by atoms with Crippen LogP contribution in [0.5, 0.6) is 0 Å². The quantitative estimate of drug-likeness (QED) is 0.635. The van der Waals surface area contributed by atoms with Crippen LogP contribution in [0, 0.1) is 11.8 Å². The zero-order valence-electron chi connectivity index (χ0n) is 8.60. The average molecular weight is 199 g/mol. The van der Waals surface area contributed by atoms with Crippen LogP contribution in [0.3, 0.4) is 0 Å². The number of aliphatic hydroxyl groups is 1. The van der Waals surface area contributed by atoms with Crippen LogP contribution in [0.4, 0.5) is 0 Å². The fourth-order valence-electron chi connectivity index (χ4n) is 1.68. The zero-order chi connectivity index (χ0) is 10.7. The molecule has 3 N–H and O–H groups in total. The number of hydrazone groups is 1. The van der Waals surface area contributed by atoms with E-state index in [2.05, 4.69) is 5.10 Å². The molecule has 1 aliphatic rings. The molecule has 0 aromatic rings. The summed E-state index contributed by atoms with van der Waals surface area (Å²) in [6, 6.07) is 0. The minimum atomic E-state index is -0.219. The lowest BCUT2D eigenvalue weighted by Crippen LogP contribution is -2.28. The highest BCUT2D eigenvalue weighted by Crippen LogP contribution is 2.20. The zero-order valence-corrected chi connectivity index (χ0v) is 8.60. The molecule has 80 valence electrons. The summed E-state index contributed by atoms with van der Waals surface area (Å²) in [5.74, 6) is -0.317. The van der Waals surface area contributed by atoms with Crippen molar-refractivity contribution in [2.75, 3.05) is 20.2 Å². The van der Waals surface area contributed by atoms with E-state index in [4.69, 9.17) is 10.8 Å². The second-order valence-electron chi connectivity index (χ2n) is 3.57. The number of hydrogen-bond donors (Lipinski definition) is 2. The Morgan fingerprint density at radius 2 is 2.36 bits per heavy atom. The third-order valence-electron chi connectivity index (χ3n) is 2.55. The molecule has 14 heavy (non-hydrogen) atoms. The molecule has 0 bridgehead atoms. The van der Waals surface area contributed by atoms with Crippen molar-refractivity contribution in [1.82, 2.24) is 5.01 Å². The van der Waals surface area contributed by atoms with Crippen molar-refractivity contribution in [2.45, 2.75) is 13.3 Å². The third kappa shape index (κ3) is 1.93. The summed E-state index contributed by atoms with van der Waals surface area (Å²) in [4.78, 5) is 11.4. The first-order valence-corrected chi connectivity index (χ1v) is 4.78. The summed E-state index contributed by atoms with van der Waals surface area (Å²) in [6.45, 7) is 2.31. The lowest BCUT2D eigenvalue weighted by molar-refractivity contribution is -0.130. The number of nitrogens with two attached hydrogens (primary N) is 1. The number of rotatable bonds is 4. The maximum absolute atomic E-state index is 11.4. The van der Waals surface area contributed by atoms with Gasteiger partial charge in [0.25, 0.3) is 5.91 Å². The molecule has 0 radical (unpaired) electrons. The van der Waals surface area contributed by atoms with Crippen LogP contribution in [0.25, 0.3) is 0 Å². The number of carbonyl (C=O) groups excluding carboxylic acids is 1. The Morgan fingerprint density at radius 1 is 1.71 bits per heavy atom. The van der Waals surface area contributed by atoms with Crippen LogP contribution in [-0.4, -0.2) is 41.9 Å². The van der Waals surface area contributed by atoms with Crippen LogP contribution in [0.2, 0.25) is 0 Å². The van der Waals surface area contributed by atoms with E-state index in [9.17, 15) is 4.79 Å². The molecule has 0 aromatic heterocycles. The van der Waals surface area contributed by atoms with Gasteiger partial charge in [0.05, 0.1) is 18.2 Å². The van der Waals surface area contributed by atoms with Gasteiger partial charge in [-0.15, -0.1) is 0 Å². The highest BCUT2D eigenvalue weighted by atomic mass is 16.3. The largest absolute Gasteiger partial charge is 0.396 e. The molecule has 1 heterocycles. The molecule has 0 fully saturated rings. The van der Waals surface area contributed by atoms with Crippen molar-refractivity contribution in [3.8, 4) is 0 Å². The summed E-state index contributed by atoms with van der Waals surface area (Å²) in [5.41, 5.74) is 6.18. The average Bonchev–Trinajstić information content (AvgIpc) is 2.42. The van der Waals surface area contributed by atoms with Gasteiger partial charge in [-0.05, 0) is 19.9 Å². The van der Waals surface area contributed by atoms with Gasteiger partial charge in [-0.2, -0.15) is 5.10 Å². The van der Waals surface area contributed by atoms with Gasteiger partial charge < -0.3 is 10.8 Å². The smallest absolute Gasteiger partial charge is 0.250 e. The van der Waals surface area contributed by atoms with Crippen LogP contribution in [-0.2, 0) is 4.79 Å². The lowest BCUT2D eigenvalue weighted by atomic mass is 9.91. The van der Waals surface area contributed by atoms with Gasteiger partial charge >= 0.3 is 0 Å². The number of aliphatic hydroxyl groups excluding tert-OH is 1. The molecule has 0 aliphatic carbocycles. The number of amides is 1. The Balaban J connectivity index is 2.76. The predicted molar refractivity (Wildman–Crippen MR) is 53.6 cm³/mol. The molecule has 0 aromatic carbocycles. The topological polar surface area (TPSA) is 78.9 Å². The molecule has 0 saturated heterocycles. The standard InChI is InChI=1S/C9H17N3O2/c1-6-8(7(5-13)3-4-10)11-12(2)9(6)14/h6-7,13H,3-5,10H2,1-2H3. The maximum atomic E-state index is 11.4. The summed E-state index contributed by atoms with van der Waals surface area (Å²) in [7, 11) is 1.63. The molecule has 5 nitrogen and oxygen atoms in total. The van der Waals surface area contributed by atoms with E-state index >= 15 is 0 Å². The fourth-order valence-corrected chi connectivity index (χ4v) is 1.68. The van der Waals surface area contributed by atoms with Crippen molar-refractivity contribution in [2.24, 2.45) is 22.7 Å². The van der Waals surface area contributed by atoms with Gasteiger partial charge in [0, 0.05) is 13.0 Å². The van der Waals surface area contributed by atoms with Crippen molar-refractivity contribution in [3.63, 3.8) is 0 Å². The first-order chi connectivity index (χ1) is 6.61. The molecule has 1 amide bonds. The third-order valence-corrected chi connectivity index (χ3v) is 2.55. The van der Waals surface area contributed by atoms with Gasteiger partial charge in [0.15, 0.2) is 0 Å². The normalized spacial score (nSPS) is 24.0. The van der Waals surface area contributed by atoms with E-state index in [1.165, 1.54) is 5.01 Å². The van der Waals surface area contributed by atoms with Crippen molar-refractivity contribution in [1.29, 1.82) is 0 Å². The lowest BCUT2D eigenvalue weighted by Gasteiger charge is -2.14. The summed E-state index contributed by atoms with van der Waals surface area (Å²) < 4.78 is 0. The Kier molecular flexibility index (Phi) is 3.60. The van der Waals surface area contributed by atoms with Crippen LogP contribution >= 0.6 is 0 Å². The van der Waals surface area contributed by atoms with Gasteiger partial charge in [-0.1, -0.05) is 0 Å². The Bertz CT molecular complexity index is 252. The van der Waals surface area contributed by atoms with E-state index in [1.54, 1.807) is 7.05 Å².